The van der Waals surface area contributed by atoms with E-state index >= 15 is 0 Å². The fraction of sp³-hybridized carbons (Fsp3) is 0.600. The maximum atomic E-state index is 13.6. The molecule has 10 nitrogen and oxygen atoms in total. The molecule has 0 bridgehead atoms. The Hall–Kier alpha value is -2.98. The van der Waals surface area contributed by atoms with E-state index in [4.69, 9.17) is 9.47 Å². The van der Waals surface area contributed by atoms with Gasteiger partial charge in [-0.15, -0.1) is 5.10 Å². The van der Waals surface area contributed by atoms with Gasteiger partial charge in [-0.1, -0.05) is 12.8 Å². The molecular formula is C25H31N7O3. The number of tetrazole rings is 1. The van der Waals surface area contributed by atoms with E-state index in [1.54, 1.807) is 0 Å². The largest absolute Gasteiger partial charge is 0.486 e. The van der Waals surface area contributed by atoms with Gasteiger partial charge < -0.3 is 14.5 Å². The average Bonchev–Trinajstić information content (AvgIpc) is 3.65. The molecule has 0 spiro atoms. The van der Waals surface area contributed by atoms with E-state index in [0.29, 0.717) is 42.4 Å². The molecule has 5 heterocycles. The maximum Gasteiger partial charge on any atom is 0.253 e. The number of rotatable bonds is 4. The predicted octanol–water partition coefficient (Wildman–Crippen LogP) is 2.27. The fourth-order valence-electron chi connectivity index (χ4n) is 6.50. The molecule has 2 atom stereocenters. The van der Waals surface area contributed by atoms with Crippen LogP contribution in [0, 0.1) is 0 Å². The van der Waals surface area contributed by atoms with E-state index in [1.807, 2.05) is 22.9 Å². The number of benzene rings is 1. The molecule has 0 radical (unpaired) electrons. The van der Waals surface area contributed by atoms with E-state index in [2.05, 4.69) is 30.3 Å². The van der Waals surface area contributed by atoms with Gasteiger partial charge in [-0.05, 0) is 54.8 Å². The van der Waals surface area contributed by atoms with Gasteiger partial charge in [0.05, 0.1) is 11.6 Å². The van der Waals surface area contributed by atoms with E-state index in [9.17, 15) is 4.79 Å². The van der Waals surface area contributed by atoms with Gasteiger partial charge in [-0.2, -0.15) is 0 Å². The Kier molecular flexibility index (Phi) is 5.24. The summed E-state index contributed by atoms with van der Waals surface area (Å²) in [6.07, 6.45) is 7.00. The first-order chi connectivity index (χ1) is 17.2. The third-order valence-electron chi connectivity index (χ3n) is 8.25. The number of hydrogen-bond acceptors (Lipinski definition) is 8. The van der Waals surface area contributed by atoms with Gasteiger partial charge in [0.15, 0.2) is 17.3 Å². The van der Waals surface area contributed by atoms with Crippen LogP contribution < -0.4 is 15.0 Å². The molecule has 3 aromatic rings. The summed E-state index contributed by atoms with van der Waals surface area (Å²) in [5.74, 6) is 2.17. The Morgan fingerprint density at radius 2 is 1.74 bits per heavy atom. The van der Waals surface area contributed by atoms with Crippen molar-refractivity contribution in [2.75, 3.05) is 39.4 Å². The van der Waals surface area contributed by atoms with Crippen molar-refractivity contribution in [3.8, 4) is 11.5 Å². The highest BCUT2D eigenvalue weighted by molar-refractivity contribution is 5.83. The van der Waals surface area contributed by atoms with Crippen molar-refractivity contribution in [2.24, 2.45) is 0 Å². The standard InChI is InChI=1S/C25H31N7O3/c33-25-19(12-16-13-21-22(14-20(16)26-25)35-11-10-34-21)23(31-9-8-30-7-3-6-18(30)15-31)24-27-28-29-32(24)17-4-1-2-5-17/h12-14,17-18,23H,1-11,15H2,(H,26,33)/t18-,23+/m0/s1. The smallest absolute Gasteiger partial charge is 0.253 e. The van der Waals surface area contributed by atoms with Gasteiger partial charge in [-0.3, -0.25) is 14.6 Å². The molecular weight excluding hydrogens is 446 g/mol. The topological polar surface area (TPSA) is 101 Å². The van der Waals surface area contributed by atoms with Gasteiger partial charge in [-0.25, -0.2) is 4.68 Å². The molecule has 1 aliphatic carbocycles. The SMILES string of the molecule is O=c1[nH]c2cc3c(cc2cc1[C@H](c1nnnn1C1CCCC1)N1CCN2CCC[C@H]2C1)OCCO3. The van der Waals surface area contributed by atoms with E-state index in [0.717, 1.165) is 49.2 Å². The lowest BCUT2D eigenvalue weighted by atomic mass is 10.0. The van der Waals surface area contributed by atoms with Crippen molar-refractivity contribution in [1.82, 2.24) is 35.0 Å². The molecule has 0 unspecified atom stereocenters. The van der Waals surface area contributed by atoms with Crippen LogP contribution in [0.25, 0.3) is 10.9 Å². The lowest BCUT2D eigenvalue weighted by Crippen LogP contribution is -2.52. The number of fused-ring (bicyclic) bond motifs is 3. The van der Waals surface area contributed by atoms with Gasteiger partial charge >= 0.3 is 0 Å². The highest BCUT2D eigenvalue weighted by Gasteiger charge is 2.38. The van der Waals surface area contributed by atoms with Crippen LogP contribution in [-0.2, 0) is 0 Å². The first-order valence-electron chi connectivity index (χ1n) is 13.0. The van der Waals surface area contributed by atoms with Crippen molar-refractivity contribution in [1.29, 1.82) is 0 Å². The number of aromatic nitrogens is 5. The van der Waals surface area contributed by atoms with Crippen LogP contribution in [0.2, 0.25) is 0 Å². The summed E-state index contributed by atoms with van der Waals surface area (Å²) in [7, 11) is 0. The number of pyridine rings is 1. The average molecular weight is 478 g/mol. The van der Waals surface area contributed by atoms with Gasteiger partial charge in [0.25, 0.3) is 5.56 Å². The van der Waals surface area contributed by atoms with Crippen molar-refractivity contribution in [3.63, 3.8) is 0 Å². The maximum absolute atomic E-state index is 13.6. The third kappa shape index (κ3) is 3.70. The minimum Gasteiger partial charge on any atom is -0.486 e. The van der Waals surface area contributed by atoms with Crippen molar-refractivity contribution >= 4 is 10.9 Å². The molecule has 35 heavy (non-hydrogen) atoms. The Labute approximate surface area is 203 Å². The van der Waals surface area contributed by atoms with Gasteiger partial charge in [0.1, 0.15) is 19.3 Å². The highest BCUT2D eigenvalue weighted by Crippen LogP contribution is 2.37. The molecule has 1 N–H and O–H groups in total. The summed E-state index contributed by atoms with van der Waals surface area (Å²) in [6, 6.07) is 6.37. The minimum atomic E-state index is -0.297. The summed E-state index contributed by atoms with van der Waals surface area (Å²) in [5, 5.41) is 14.0. The molecule has 3 fully saturated rings. The second-order valence-electron chi connectivity index (χ2n) is 10.3. The molecule has 0 amide bonds. The molecule has 184 valence electrons. The second-order valence-corrected chi connectivity index (χ2v) is 10.3. The predicted molar refractivity (Wildman–Crippen MR) is 129 cm³/mol. The Morgan fingerprint density at radius 1 is 0.943 bits per heavy atom. The number of aromatic amines is 1. The lowest BCUT2D eigenvalue weighted by molar-refractivity contribution is 0.0783. The van der Waals surface area contributed by atoms with E-state index in [1.165, 1.54) is 32.2 Å². The Balaban J connectivity index is 1.35. The molecule has 3 aliphatic heterocycles. The summed E-state index contributed by atoms with van der Waals surface area (Å²) in [5.41, 5.74) is 1.33. The van der Waals surface area contributed by atoms with E-state index < -0.39 is 0 Å². The van der Waals surface area contributed by atoms with Crippen molar-refractivity contribution in [2.45, 2.75) is 56.7 Å². The molecule has 4 aliphatic rings. The summed E-state index contributed by atoms with van der Waals surface area (Å²) >= 11 is 0. The molecule has 2 saturated heterocycles. The number of nitrogens with zero attached hydrogens (tertiary/aromatic N) is 6. The monoisotopic (exact) mass is 477 g/mol. The molecule has 1 saturated carbocycles. The first-order valence-corrected chi connectivity index (χ1v) is 13.0. The third-order valence-corrected chi connectivity index (χ3v) is 8.25. The van der Waals surface area contributed by atoms with Crippen LogP contribution in [0.5, 0.6) is 11.5 Å². The first kappa shape index (κ1) is 21.3. The number of ether oxygens (including phenoxy) is 2. The molecule has 7 rings (SSSR count). The second kappa shape index (κ2) is 8.60. The van der Waals surface area contributed by atoms with Crippen LogP contribution in [-0.4, -0.2) is 80.4 Å². The fourth-order valence-corrected chi connectivity index (χ4v) is 6.50. The van der Waals surface area contributed by atoms with Gasteiger partial charge in [0, 0.05) is 42.7 Å². The summed E-state index contributed by atoms with van der Waals surface area (Å²) in [6.45, 7) is 5.03. The zero-order chi connectivity index (χ0) is 23.4. The van der Waals surface area contributed by atoms with Crippen LogP contribution in [0.1, 0.15) is 62.0 Å². The van der Waals surface area contributed by atoms with Crippen molar-refractivity contribution < 1.29 is 9.47 Å². The Morgan fingerprint density at radius 3 is 2.60 bits per heavy atom. The zero-order valence-electron chi connectivity index (χ0n) is 19.9. The molecule has 2 aromatic heterocycles. The molecule has 1 aromatic carbocycles. The minimum absolute atomic E-state index is 0.103. The van der Waals surface area contributed by atoms with Crippen LogP contribution in [0.4, 0.5) is 0 Å². The number of H-pyrrole nitrogens is 1. The quantitative estimate of drug-likeness (QED) is 0.611. The van der Waals surface area contributed by atoms with Gasteiger partial charge in [0.2, 0.25) is 0 Å². The normalized spacial score (nSPS) is 24.2. The van der Waals surface area contributed by atoms with Crippen LogP contribution in [0.15, 0.2) is 23.0 Å². The zero-order valence-corrected chi connectivity index (χ0v) is 19.9. The van der Waals surface area contributed by atoms with Crippen molar-refractivity contribution in [3.05, 3.63) is 39.9 Å². The number of nitrogens with one attached hydrogen (secondary N) is 1. The van der Waals surface area contributed by atoms with Crippen LogP contribution >= 0.6 is 0 Å². The Bertz CT molecular complexity index is 1300. The number of hydrogen-bond donors (Lipinski definition) is 1. The van der Waals surface area contributed by atoms with E-state index in [-0.39, 0.29) is 11.6 Å². The number of piperazine rings is 1. The summed E-state index contributed by atoms with van der Waals surface area (Å²) < 4.78 is 13.5. The summed E-state index contributed by atoms with van der Waals surface area (Å²) in [4.78, 5) is 21.7. The highest BCUT2D eigenvalue weighted by atomic mass is 16.6. The lowest BCUT2D eigenvalue weighted by Gasteiger charge is -2.41. The van der Waals surface area contributed by atoms with Crippen LogP contribution in [0.3, 0.4) is 0 Å². The molecule has 10 heteroatoms.